The van der Waals surface area contributed by atoms with Crippen LogP contribution >= 0.6 is 11.8 Å². The van der Waals surface area contributed by atoms with Gasteiger partial charge < -0.3 is 9.84 Å². The predicted octanol–water partition coefficient (Wildman–Crippen LogP) is 3.22. The third-order valence-corrected chi connectivity index (χ3v) is 5.24. The number of thioether (sulfide) groups is 1. The van der Waals surface area contributed by atoms with Crippen molar-refractivity contribution < 1.29 is 14.8 Å². The van der Waals surface area contributed by atoms with Crippen LogP contribution in [0.5, 0.6) is 5.75 Å². The van der Waals surface area contributed by atoms with E-state index in [0.29, 0.717) is 11.3 Å². The van der Waals surface area contributed by atoms with Gasteiger partial charge in [0.25, 0.3) is 6.04 Å². The Morgan fingerprint density at radius 1 is 1.18 bits per heavy atom. The second-order valence-electron chi connectivity index (χ2n) is 5.07. The fourth-order valence-corrected chi connectivity index (χ4v) is 4.11. The predicted molar refractivity (Wildman–Crippen MR) is 83.8 cm³/mol. The lowest BCUT2D eigenvalue weighted by Crippen LogP contribution is -2.35. The zero-order chi connectivity index (χ0) is 15.7. The van der Waals surface area contributed by atoms with Crippen LogP contribution in [0.15, 0.2) is 53.4 Å². The molecule has 0 saturated carbocycles. The van der Waals surface area contributed by atoms with E-state index in [9.17, 15) is 15.2 Å². The topological polar surface area (TPSA) is 72.6 Å². The number of benzene rings is 2. The largest absolute Gasteiger partial charge is 0.497 e. The molecule has 3 atom stereocenters. The molecule has 0 radical (unpaired) electrons. The maximum atomic E-state index is 11.5. The first kappa shape index (κ1) is 14.9. The van der Waals surface area contributed by atoms with Crippen molar-refractivity contribution in [2.45, 2.75) is 22.3 Å². The van der Waals surface area contributed by atoms with E-state index in [4.69, 9.17) is 4.74 Å². The van der Waals surface area contributed by atoms with Gasteiger partial charge in [-0.3, -0.25) is 10.1 Å². The van der Waals surface area contributed by atoms with E-state index in [1.807, 2.05) is 24.3 Å². The molecule has 3 rings (SSSR count). The summed E-state index contributed by atoms with van der Waals surface area (Å²) in [6.07, 6.45) is -1.11. The number of rotatable bonds is 3. The summed E-state index contributed by atoms with van der Waals surface area (Å²) in [5.41, 5.74) is 1.43. The molecule has 0 aliphatic carbocycles. The molecule has 5 nitrogen and oxygen atoms in total. The van der Waals surface area contributed by atoms with Crippen LogP contribution in [0.4, 0.5) is 0 Å². The Morgan fingerprint density at radius 2 is 1.86 bits per heavy atom. The maximum absolute atomic E-state index is 11.5. The molecule has 0 unspecified atom stereocenters. The molecular formula is C16H15NO4S. The lowest BCUT2D eigenvalue weighted by atomic mass is 9.95. The first-order chi connectivity index (χ1) is 10.6. The Labute approximate surface area is 132 Å². The number of fused-ring (bicyclic) bond motifs is 1. The van der Waals surface area contributed by atoms with Crippen LogP contribution in [0.3, 0.4) is 0 Å². The second kappa shape index (κ2) is 5.98. The Hall–Kier alpha value is -2.05. The fraction of sp³-hybridized carbons (Fsp3) is 0.250. The molecule has 0 spiro atoms. The number of hydrogen-bond donors (Lipinski definition) is 1. The lowest BCUT2D eigenvalue weighted by Gasteiger charge is -2.31. The van der Waals surface area contributed by atoms with Crippen LogP contribution in [-0.2, 0) is 0 Å². The molecule has 0 fully saturated rings. The van der Waals surface area contributed by atoms with Crippen LogP contribution in [0.2, 0.25) is 0 Å². The van der Waals surface area contributed by atoms with Gasteiger partial charge in [0.1, 0.15) is 17.1 Å². The molecule has 1 aliphatic heterocycles. The van der Waals surface area contributed by atoms with Crippen molar-refractivity contribution in [3.63, 3.8) is 0 Å². The minimum Gasteiger partial charge on any atom is -0.497 e. The third-order valence-electron chi connectivity index (χ3n) is 3.81. The van der Waals surface area contributed by atoms with Crippen molar-refractivity contribution in [3.05, 3.63) is 69.8 Å². The molecule has 22 heavy (non-hydrogen) atoms. The normalized spacial score (nSPS) is 23.6. The first-order valence-electron chi connectivity index (χ1n) is 6.83. The summed E-state index contributed by atoms with van der Waals surface area (Å²) in [4.78, 5) is 12.0. The van der Waals surface area contributed by atoms with Crippen LogP contribution in [0, 0.1) is 10.1 Å². The van der Waals surface area contributed by atoms with Gasteiger partial charge in [0.2, 0.25) is 0 Å². The zero-order valence-corrected chi connectivity index (χ0v) is 12.7. The Bertz CT molecular complexity index is 689. The van der Waals surface area contributed by atoms with E-state index in [1.54, 1.807) is 31.4 Å². The van der Waals surface area contributed by atoms with E-state index in [1.165, 1.54) is 11.8 Å². The number of ether oxygens (including phenoxy) is 1. The summed E-state index contributed by atoms with van der Waals surface area (Å²) >= 11 is 1.42. The Morgan fingerprint density at radius 3 is 2.50 bits per heavy atom. The monoisotopic (exact) mass is 317 g/mol. The van der Waals surface area contributed by atoms with Crippen molar-refractivity contribution in [2.75, 3.05) is 7.11 Å². The summed E-state index contributed by atoms with van der Waals surface area (Å²) in [5, 5.41) is 21.5. The highest BCUT2D eigenvalue weighted by molar-refractivity contribution is 7.99. The highest BCUT2D eigenvalue weighted by Gasteiger charge is 2.45. The molecule has 114 valence electrons. The van der Waals surface area contributed by atoms with Crippen LogP contribution in [0.25, 0.3) is 0 Å². The van der Waals surface area contributed by atoms with Crippen LogP contribution in [0.1, 0.15) is 22.5 Å². The smallest absolute Gasteiger partial charge is 0.258 e. The number of aliphatic hydroxyl groups excluding tert-OH is 1. The van der Waals surface area contributed by atoms with Crippen LogP contribution < -0.4 is 4.74 Å². The van der Waals surface area contributed by atoms with Crippen molar-refractivity contribution >= 4 is 11.8 Å². The Balaban J connectivity index is 2.03. The first-order valence-corrected chi connectivity index (χ1v) is 7.71. The van der Waals surface area contributed by atoms with Crippen molar-refractivity contribution in [2.24, 2.45) is 0 Å². The SMILES string of the molecule is COc1ccc([C@H]2Sc3ccccc3[C@@H](O)[C@@H]2[N+](=O)[O-])cc1. The average Bonchev–Trinajstić information content (AvgIpc) is 2.54. The van der Waals surface area contributed by atoms with Gasteiger partial charge in [0.05, 0.1) is 7.11 Å². The number of methoxy groups -OCH3 is 1. The minimum atomic E-state index is -1.11. The summed E-state index contributed by atoms with van der Waals surface area (Å²) in [6, 6.07) is 13.4. The molecule has 2 aromatic carbocycles. The van der Waals surface area contributed by atoms with Gasteiger partial charge in [0.15, 0.2) is 0 Å². The quantitative estimate of drug-likeness (QED) is 0.695. The van der Waals surface area contributed by atoms with Crippen molar-refractivity contribution in [1.82, 2.24) is 0 Å². The second-order valence-corrected chi connectivity index (χ2v) is 6.25. The van der Waals surface area contributed by atoms with E-state index in [0.717, 1.165) is 10.5 Å². The van der Waals surface area contributed by atoms with Gasteiger partial charge in [-0.25, -0.2) is 0 Å². The van der Waals surface area contributed by atoms with E-state index in [2.05, 4.69) is 0 Å². The van der Waals surface area contributed by atoms with Gasteiger partial charge in [-0.15, -0.1) is 11.8 Å². The maximum Gasteiger partial charge on any atom is 0.258 e. The minimum absolute atomic E-state index is 0.386. The average molecular weight is 317 g/mol. The molecule has 1 aliphatic rings. The third kappa shape index (κ3) is 2.55. The fourth-order valence-electron chi connectivity index (χ4n) is 2.67. The standard InChI is InChI=1S/C16H15NO4S/c1-21-11-8-6-10(7-9-11)16-14(17(19)20)15(18)12-4-2-3-5-13(12)22-16/h2-9,14-16,18H,1H3/t14-,15+,16+/m0/s1. The summed E-state index contributed by atoms with van der Waals surface area (Å²) in [6.45, 7) is 0. The molecule has 0 amide bonds. The van der Waals surface area contributed by atoms with Gasteiger partial charge in [-0.1, -0.05) is 30.3 Å². The lowest BCUT2D eigenvalue weighted by molar-refractivity contribution is -0.536. The van der Waals surface area contributed by atoms with Gasteiger partial charge >= 0.3 is 0 Å². The number of hydrogen-bond acceptors (Lipinski definition) is 5. The molecule has 1 heterocycles. The van der Waals surface area contributed by atoms with Gasteiger partial charge in [0, 0.05) is 15.4 Å². The number of aliphatic hydroxyl groups is 1. The van der Waals surface area contributed by atoms with Crippen LogP contribution in [-0.4, -0.2) is 23.2 Å². The summed E-state index contributed by atoms with van der Waals surface area (Å²) in [5.74, 6) is 0.697. The zero-order valence-electron chi connectivity index (χ0n) is 11.9. The van der Waals surface area contributed by atoms with Gasteiger partial charge in [-0.2, -0.15) is 0 Å². The summed E-state index contributed by atoms with van der Waals surface area (Å²) < 4.78 is 5.12. The highest BCUT2D eigenvalue weighted by atomic mass is 32.2. The molecule has 1 N–H and O–H groups in total. The van der Waals surface area contributed by atoms with E-state index >= 15 is 0 Å². The van der Waals surface area contributed by atoms with Gasteiger partial charge in [-0.05, 0) is 23.8 Å². The van der Waals surface area contributed by atoms with Crippen molar-refractivity contribution in [1.29, 1.82) is 0 Å². The van der Waals surface area contributed by atoms with Crippen molar-refractivity contribution in [3.8, 4) is 5.75 Å². The molecular weight excluding hydrogens is 302 g/mol. The molecule has 2 aromatic rings. The molecule has 6 heteroatoms. The Kier molecular flexibility index (Phi) is 4.04. The highest BCUT2D eigenvalue weighted by Crippen LogP contribution is 2.49. The number of nitrogens with zero attached hydrogens (tertiary/aromatic N) is 1. The molecule has 0 saturated heterocycles. The molecule has 0 bridgehead atoms. The van der Waals surface area contributed by atoms with E-state index < -0.39 is 17.4 Å². The molecule has 0 aromatic heterocycles. The number of nitro groups is 1. The summed E-state index contributed by atoms with van der Waals surface area (Å²) in [7, 11) is 1.57. The van der Waals surface area contributed by atoms with E-state index in [-0.39, 0.29) is 4.92 Å².